The molecule has 5 nitrogen and oxygen atoms in total. The van der Waals surface area contributed by atoms with Crippen molar-refractivity contribution in [2.24, 2.45) is 5.92 Å². The zero-order valence-electron chi connectivity index (χ0n) is 38.2. The van der Waals surface area contributed by atoms with Crippen LogP contribution in [0.25, 0.3) is 50.6 Å². The van der Waals surface area contributed by atoms with Crippen LogP contribution in [0, 0.1) is 18.1 Å². The van der Waals surface area contributed by atoms with Crippen molar-refractivity contribution in [1.29, 1.82) is 0 Å². The van der Waals surface area contributed by atoms with Crippen LogP contribution in [0.15, 0.2) is 108 Å². The summed E-state index contributed by atoms with van der Waals surface area (Å²) in [4.78, 5) is 14.0. The van der Waals surface area contributed by atoms with Gasteiger partial charge in [-0.2, -0.15) is 0 Å². The maximum absolute atomic E-state index is 8.96. The van der Waals surface area contributed by atoms with E-state index in [1.54, 1.807) is 0 Å². The molecular formula is C51H62BIrN4OSi-2. The van der Waals surface area contributed by atoms with E-state index < -0.39 is 8.07 Å². The number of aromatic nitrogens is 4. The van der Waals surface area contributed by atoms with Crippen LogP contribution < -0.4 is 5.19 Å². The Morgan fingerprint density at radius 1 is 0.814 bits per heavy atom. The minimum absolute atomic E-state index is 0. The number of imidazole rings is 1. The zero-order valence-corrected chi connectivity index (χ0v) is 39.6. The van der Waals surface area contributed by atoms with Crippen LogP contribution in [0.4, 0.5) is 0 Å². The molecule has 0 aliphatic carbocycles. The number of rotatable bonds is 9. The standard InChI is InChI=1S/C32H34N3O.C18H24NSi.CH4.B.Ir/c1-20(2)25-18-23(22-12-9-8-10-13-22)19-26(21(3)4)28(25)35-17-16-33-30(35)24-14-11-15-27-29(24)36-31(34-27)32(5,6)7;1-14(2)11-16-12-17(15-9-7-6-8-10-15)19-13-18(16)20(3,4)5;;;/h8-13,15-21H,1-7H3;6-9,12-14H,11H2,1-5H3;1H4;;/q2*-1;;;/i16D,17D;;;;. The van der Waals surface area contributed by atoms with Crippen molar-refractivity contribution in [2.75, 3.05) is 0 Å². The van der Waals surface area contributed by atoms with Gasteiger partial charge in [0.05, 0.1) is 22.2 Å². The smallest absolute Gasteiger partial charge is 0.188 e. The molecule has 7 aromatic rings. The molecule has 0 saturated heterocycles. The largest absolute Gasteiger partial charge is 0.487 e. The van der Waals surface area contributed by atoms with Crippen molar-refractivity contribution in [3.63, 3.8) is 0 Å². The quantitative estimate of drug-likeness (QED) is 0.107. The number of hydrogen-bond acceptors (Lipinski definition) is 4. The molecule has 0 spiro atoms. The number of oxazole rings is 1. The summed E-state index contributed by atoms with van der Waals surface area (Å²) in [7, 11) is -1.34. The summed E-state index contributed by atoms with van der Waals surface area (Å²) in [5.74, 6) is 2.11. The molecule has 0 bridgehead atoms. The first-order valence-electron chi connectivity index (χ1n) is 20.9. The summed E-state index contributed by atoms with van der Waals surface area (Å²) in [5, 5.41) is 1.49. The van der Waals surface area contributed by atoms with Gasteiger partial charge in [0, 0.05) is 63.7 Å². The number of nitrogens with zero attached hydrogens (tertiary/aromatic N) is 4. The minimum atomic E-state index is -1.34. The Morgan fingerprint density at radius 3 is 2.02 bits per heavy atom. The van der Waals surface area contributed by atoms with Crippen LogP contribution in [-0.2, 0) is 31.9 Å². The Kier molecular flexibility index (Phi) is 15.7. The van der Waals surface area contributed by atoms with Crippen LogP contribution in [0.2, 0.25) is 19.6 Å². The van der Waals surface area contributed by atoms with Gasteiger partial charge in [-0.3, -0.25) is 4.98 Å². The van der Waals surface area contributed by atoms with Gasteiger partial charge in [0.25, 0.3) is 0 Å². The maximum atomic E-state index is 8.96. The molecule has 0 unspecified atom stereocenters. The van der Waals surface area contributed by atoms with Crippen LogP contribution in [0.3, 0.4) is 0 Å². The number of hydrogen-bond donors (Lipinski definition) is 0. The van der Waals surface area contributed by atoms with Gasteiger partial charge in [0.1, 0.15) is 0 Å². The SMILES string of the molecule is C.CC(C)Cc1cc(-c2[c-]cccc2)ncc1[Si](C)(C)C.[2H]c1nc(-c2[c-]ccc3nc(C(C)(C)C)oc23)n(-c2c(C(C)C)cc(-c3ccccc3)cc2C(C)C)c1[2H].[B].[Ir]. The molecule has 3 aromatic heterocycles. The Bertz CT molecular complexity index is 2490. The van der Waals surface area contributed by atoms with Gasteiger partial charge in [0.2, 0.25) is 0 Å². The summed E-state index contributed by atoms with van der Waals surface area (Å²) < 4.78 is 25.6. The van der Waals surface area contributed by atoms with Gasteiger partial charge in [-0.25, -0.2) is 4.98 Å². The fourth-order valence-electron chi connectivity index (χ4n) is 7.04. The third kappa shape index (κ3) is 11.3. The van der Waals surface area contributed by atoms with E-state index in [2.05, 4.69) is 159 Å². The third-order valence-corrected chi connectivity index (χ3v) is 12.0. The second-order valence-electron chi connectivity index (χ2n) is 17.9. The predicted molar refractivity (Wildman–Crippen MR) is 250 cm³/mol. The van der Waals surface area contributed by atoms with Crippen molar-refractivity contribution in [3.8, 4) is 39.5 Å². The van der Waals surface area contributed by atoms with E-state index in [0.717, 1.165) is 45.6 Å². The average molecular weight is 980 g/mol. The Labute approximate surface area is 374 Å². The van der Waals surface area contributed by atoms with E-state index in [4.69, 9.17) is 12.1 Å². The van der Waals surface area contributed by atoms with E-state index in [-0.39, 0.29) is 65.5 Å². The van der Waals surface area contributed by atoms with Crippen molar-refractivity contribution in [1.82, 2.24) is 19.5 Å². The molecule has 3 heterocycles. The molecule has 7 rings (SSSR count). The molecule has 0 amide bonds. The molecule has 4 radical (unpaired) electrons. The van der Waals surface area contributed by atoms with Gasteiger partial charge in [-0.05, 0) is 69.4 Å². The van der Waals surface area contributed by atoms with Crippen molar-refractivity contribution in [3.05, 3.63) is 138 Å². The maximum Gasteiger partial charge on any atom is 0.188 e. The first-order valence-corrected chi connectivity index (χ1v) is 23.4. The molecule has 8 heteroatoms. The number of fused-ring (bicyclic) bond motifs is 1. The van der Waals surface area contributed by atoms with E-state index in [1.165, 1.54) is 10.8 Å². The van der Waals surface area contributed by atoms with Crippen LogP contribution >= 0.6 is 0 Å². The van der Waals surface area contributed by atoms with Crippen LogP contribution in [-0.4, -0.2) is 36.0 Å². The van der Waals surface area contributed by atoms with Gasteiger partial charge in [0.15, 0.2) is 5.89 Å². The van der Waals surface area contributed by atoms with Crippen molar-refractivity contribution < 1.29 is 27.3 Å². The fourth-order valence-corrected chi connectivity index (χ4v) is 8.63. The molecule has 0 saturated carbocycles. The van der Waals surface area contributed by atoms with Gasteiger partial charge in [-0.1, -0.05) is 137 Å². The summed E-state index contributed by atoms with van der Waals surface area (Å²) >= 11 is 0. The van der Waals surface area contributed by atoms with Gasteiger partial charge >= 0.3 is 0 Å². The summed E-state index contributed by atoms with van der Waals surface area (Å²) in [5.41, 5.74) is 10.6. The summed E-state index contributed by atoms with van der Waals surface area (Å²) in [6.07, 6.45) is 3.19. The molecule has 59 heavy (non-hydrogen) atoms. The van der Waals surface area contributed by atoms with Crippen molar-refractivity contribution >= 4 is 32.8 Å². The molecule has 0 fully saturated rings. The molecule has 310 valence electrons. The Hall–Kier alpha value is -4.36. The molecule has 0 aliphatic rings. The summed E-state index contributed by atoms with van der Waals surface area (Å²) in [6.45, 7) is 26.6. The first kappa shape index (κ1) is 45.7. The second-order valence-corrected chi connectivity index (χ2v) is 22.9. The van der Waals surface area contributed by atoms with E-state index in [1.807, 2.05) is 41.0 Å². The minimum Gasteiger partial charge on any atom is -0.487 e. The van der Waals surface area contributed by atoms with Crippen LogP contribution in [0.5, 0.6) is 0 Å². The summed E-state index contributed by atoms with van der Waals surface area (Å²) in [6, 6.07) is 35.4. The van der Waals surface area contributed by atoms with E-state index in [0.29, 0.717) is 34.3 Å². The van der Waals surface area contributed by atoms with Crippen LogP contribution in [0.1, 0.15) is 107 Å². The number of benzene rings is 4. The molecule has 4 aromatic carbocycles. The monoisotopic (exact) mass is 980 g/mol. The van der Waals surface area contributed by atoms with Gasteiger partial charge in [-0.15, -0.1) is 54.1 Å². The molecular weight excluding hydrogens is 916 g/mol. The average Bonchev–Trinajstić information content (AvgIpc) is 3.75. The first-order chi connectivity index (χ1) is 27.3. The molecule has 0 aliphatic heterocycles. The topological polar surface area (TPSA) is 56.7 Å². The predicted octanol–water partition coefficient (Wildman–Crippen LogP) is 13.2. The van der Waals surface area contributed by atoms with Gasteiger partial charge < -0.3 is 14.0 Å². The Morgan fingerprint density at radius 2 is 1.46 bits per heavy atom. The Balaban J connectivity index is 0.000000368. The zero-order chi connectivity index (χ0) is 42.1. The molecule has 0 atom stereocenters. The van der Waals surface area contributed by atoms with E-state index >= 15 is 0 Å². The third-order valence-electron chi connectivity index (χ3n) is 9.90. The normalized spacial score (nSPS) is 12.0. The number of pyridine rings is 1. The van der Waals surface area contributed by atoms with Crippen molar-refractivity contribution in [2.45, 2.75) is 113 Å². The van der Waals surface area contributed by atoms with E-state index in [9.17, 15) is 0 Å². The fraction of sp³-hybridized carbons (Fsp3) is 0.353. The molecule has 0 N–H and O–H groups in total. The second kappa shape index (κ2) is 20.3.